The van der Waals surface area contributed by atoms with Crippen molar-refractivity contribution in [2.24, 2.45) is 0 Å². The van der Waals surface area contributed by atoms with Crippen LogP contribution in [0.3, 0.4) is 0 Å². The molecule has 1 saturated heterocycles. The number of benzene rings is 3. The Bertz CT molecular complexity index is 1010. The van der Waals surface area contributed by atoms with Crippen LogP contribution < -0.4 is 15.5 Å². The molecule has 0 aliphatic carbocycles. The maximum atomic E-state index is 12.7. The lowest BCUT2D eigenvalue weighted by Gasteiger charge is -2.31. The molecule has 152 valence electrons. The summed E-state index contributed by atoms with van der Waals surface area (Å²) in [5.41, 5.74) is 3.62. The van der Waals surface area contributed by atoms with Crippen molar-refractivity contribution in [2.45, 2.75) is 19.3 Å². The molecule has 4 rings (SSSR count). The second kappa shape index (κ2) is 9.27. The van der Waals surface area contributed by atoms with Crippen LogP contribution in [-0.2, 0) is 0 Å². The van der Waals surface area contributed by atoms with E-state index in [1.807, 2.05) is 54.6 Å². The quantitative estimate of drug-likeness (QED) is 0.621. The second-order valence-electron chi connectivity index (χ2n) is 7.42. The van der Waals surface area contributed by atoms with Crippen molar-refractivity contribution in [2.75, 3.05) is 28.6 Å². The third-order valence-electron chi connectivity index (χ3n) is 5.27. The Balaban J connectivity index is 1.59. The molecule has 0 saturated carbocycles. The monoisotopic (exact) mass is 399 g/mol. The third-order valence-corrected chi connectivity index (χ3v) is 5.27. The molecule has 0 atom stereocenters. The first kappa shape index (κ1) is 19.7. The number of hydrogen-bond donors (Lipinski definition) is 2. The van der Waals surface area contributed by atoms with Crippen molar-refractivity contribution >= 4 is 28.9 Å². The molecule has 2 amide bonds. The molecule has 1 fully saturated rings. The van der Waals surface area contributed by atoms with Crippen LogP contribution in [0, 0.1) is 0 Å². The van der Waals surface area contributed by atoms with Gasteiger partial charge in [0.1, 0.15) is 0 Å². The van der Waals surface area contributed by atoms with Gasteiger partial charge in [0.15, 0.2) is 0 Å². The highest BCUT2D eigenvalue weighted by atomic mass is 16.2. The Morgan fingerprint density at radius 1 is 0.667 bits per heavy atom. The van der Waals surface area contributed by atoms with Gasteiger partial charge in [-0.25, -0.2) is 0 Å². The van der Waals surface area contributed by atoms with Crippen LogP contribution >= 0.6 is 0 Å². The van der Waals surface area contributed by atoms with Gasteiger partial charge in [-0.15, -0.1) is 0 Å². The molecule has 0 radical (unpaired) electrons. The first-order chi connectivity index (χ1) is 14.7. The number of rotatable bonds is 5. The summed E-state index contributed by atoms with van der Waals surface area (Å²) in [5.74, 6) is -0.295. The molecule has 1 heterocycles. The lowest BCUT2D eigenvalue weighted by molar-refractivity contribution is 0.101. The molecular weight excluding hydrogens is 374 g/mol. The minimum atomic E-state index is -0.152. The largest absolute Gasteiger partial charge is 0.370 e. The summed E-state index contributed by atoms with van der Waals surface area (Å²) in [5, 5.41) is 6.01. The molecule has 5 nitrogen and oxygen atoms in total. The number of anilines is 3. The minimum absolute atomic E-state index is 0.144. The third kappa shape index (κ3) is 4.69. The van der Waals surface area contributed by atoms with Gasteiger partial charge in [0.2, 0.25) is 0 Å². The maximum Gasteiger partial charge on any atom is 0.255 e. The molecule has 2 N–H and O–H groups in total. The van der Waals surface area contributed by atoms with Crippen molar-refractivity contribution < 1.29 is 9.59 Å². The highest BCUT2D eigenvalue weighted by Gasteiger charge is 2.18. The van der Waals surface area contributed by atoms with Crippen LogP contribution in [0.4, 0.5) is 17.1 Å². The summed E-state index contributed by atoms with van der Waals surface area (Å²) < 4.78 is 0. The fraction of sp³-hybridized carbons (Fsp3) is 0.200. The van der Waals surface area contributed by atoms with E-state index >= 15 is 0 Å². The predicted octanol–water partition coefficient (Wildman–Crippen LogP) is 5.18. The minimum Gasteiger partial charge on any atom is -0.370 e. The molecule has 30 heavy (non-hydrogen) atoms. The summed E-state index contributed by atoms with van der Waals surface area (Å²) in [4.78, 5) is 27.5. The van der Waals surface area contributed by atoms with Crippen LogP contribution in [-0.4, -0.2) is 24.9 Å². The zero-order valence-electron chi connectivity index (χ0n) is 16.8. The van der Waals surface area contributed by atoms with Gasteiger partial charge in [-0.3, -0.25) is 9.59 Å². The normalized spacial score (nSPS) is 13.5. The summed E-state index contributed by atoms with van der Waals surface area (Å²) in [6.45, 7) is 1.87. The van der Waals surface area contributed by atoms with Crippen molar-refractivity contribution in [1.82, 2.24) is 0 Å². The Kier molecular flexibility index (Phi) is 6.09. The van der Waals surface area contributed by atoms with Gasteiger partial charge in [0.25, 0.3) is 11.8 Å². The molecule has 0 bridgehead atoms. The second-order valence-corrected chi connectivity index (χ2v) is 7.42. The van der Waals surface area contributed by atoms with E-state index in [-0.39, 0.29) is 11.8 Å². The number of carbonyl (C=O) groups excluding carboxylic acids is 2. The zero-order chi connectivity index (χ0) is 20.8. The number of piperidine rings is 1. The smallest absolute Gasteiger partial charge is 0.255 e. The van der Waals surface area contributed by atoms with Crippen molar-refractivity contribution in [3.63, 3.8) is 0 Å². The average Bonchev–Trinajstić information content (AvgIpc) is 2.81. The van der Waals surface area contributed by atoms with Gasteiger partial charge in [0, 0.05) is 29.9 Å². The summed E-state index contributed by atoms with van der Waals surface area (Å²) >= 11 is 0. The van der Waals surface area contributed by atoms with Gasteiger partial charge in [-0.1, -0.05) is 36.4 Å². The van der Waals surface area contributed by atoms with E-state index in [0.717, 1.165) is 37.3 Å². The molecule has 5 heteroatoms. The van der Waals surface area contributed by atoms with E-state index in [9.17, 15) is 9.59 Å². The predicted molar refractivity (Wildman–Crippen MR) is 121 cm³/mol. The van der Waals surface area contributed by atoms with E-state index in [4.69, 9.17) is 0 Å². The van der Waals surface area contributed by atoms with Crippen LogP contribution in [0.1, 0.15) is 40.0 Å². The molecule has 0 spiro atoms. The lowest BCUT2D eigenvalue weighted by Crippen LogP contribution is -2.30. The number of nitrogens with one attached hydrogen (secondary N) is 2. The fourth-order valence-electron chi connectivity index (χ4n) is 3.69. The molecule has 3 aromatic carbocycles. The Hall–Kier alpha value is -3.60. The van der Waals surface area contributed by atoms with E-state index in [1.165, 1.54) is 6.42 Å². The Morgan fingerprint density at radius 2 is 1.23 bits per heavy atom. The summed E-state index contributed by atoms with van der Waals surface area (Å²) in [6, 6.07) is 24.0. The molecule has 3 aromatic rings. The number of amides is 2. The number of carbonyl (C=O) groups is 2. The molecule has 0 unspecified atom stereocenters. The first-order valence-corrected chi connectivity index (χ1v) is 10.3. The van der Waals surface area contributed by atoms with Gasteiger partial charge >= 0.3 is 0 Å². The SMILES string of the molecule is O=C(Nc1ccc(NC(=O)c2ccccc2)c(N2CCCCC2)c1)c1ccccc1. The van der Waals surface area contributed by atoms with E-state index in [1.54, 1.807) is 24.3 Å². The van der Waals surface area contributed by atoms with Crippen LogP contribution in [0.25, 0.3) is 0 Å². The molecule has 1 aliphatic heterocycles. The van der Waals surface area contributed by atoms with Gasteiger partial charge in [0.05, 0.1) is 11.4 Å². The molecular formula is C25H25N3O2. The van der Waals surface area contributed by atoms with E-state index in [0.29, 0.717) is 16.8 Å². The summed E-state index contributed by atoms with van der Waals surface area (Å²) in [6.07, 6.45) is 3.45. The highest BCUT2D eigenvalue weighted by Crippen LogP contribution is 2.32. The highest BCUT2D eigenvalue weighted by molar-refractivity contribution is 6.07. The number of nitrogens with zero attached hydrogens (tertiary/aromatic N) is 1. The maximum absolute atomic E-state index is 12.7. The summed E-state index contributed by atoms with van der Waals surface area (Å²) in [7, 11) is 0. The topological polar surface area (TPSA) is 61.4 Å². The van der Waals surface area contributed by atoms with Crippen LogP contribution in [0.2, 0.25) is 0 Å². The van der Waals surface area contributed by atoms with Gasteiger partial charge < -0.3 is 15.5 Å². The Morgan fingerprint density at radius 3 is 1.83 bits per heavy atom. The van der Waals surface area contributed by atoms with Crippen molar-refractivity contribution in [1.29, 1.82) is 0 Å². The standard InChI is InChI=1S/C25H25N3O2/c29-24(19-10-4-1-5-11-19)26-21-14-15-22(23(18-21)28-16-8-3-9-17-28)27-25(30)20-12-6-2-7-13-20/h1-2,4-7,10-15,18H,3,8-9,16-17H2,(H,26,29)(H,27,30). The van der Waals surface area contributed by atoms with Gasteiger partial charge in [-0.05, 0) is 61.7 Å². The van der Waals surface area contributed by atoms with Crippen molar-refractivity contribution in [3.05, 3.63) is 90.0 Å². The van der Waals surface area contributed by atoms with Gasteiger partial charge in [-0.2, -0.15) is 0 Å². The first-order valence-electron chi connectivity index (χ1n) is 10.3. The number of hydrogen-bond acceptors (Lipinski definition) is 3. The molecule has 0 aromatic heterocycles. The average molecular weight is 399 g/mol. The van der Waals surface area contributed by atoms with E-state index < -0.39 is 0 Å². The zero-order valence-corrected chi connectivity index (χ0v) is 16.8. The lowest BCUT2D eigenvalue weighted by atomic mass is 10.1. The van der Waals surface area contributed by atoms with E-state index in [2.05, 4.69) is 15.5 Å². The molecule has 1 aliphatic rings. The fourth-order valence-corrected chi connectivity index (χ4v) is 3.69. The Labute approximate surface area is 176 Å². The van der Waals surface area contributed by atoms with Crippen LogP contribution in [0.5, 0.6) is 0 Å². The van der Waals surface area contributed by atoms with Crippen LogP contribution in [0.15, 0.2) is 78.9 Å². The van der Waals surface area contributed by atoms with Crippen molar-refractivity contribution in [3.8, 4) is 0 Å².